The topological polar surface area (TPSA) is 83.2 Å². The highest BCUT2D eigenvalue weighted by Gasteiger charge is 2.40. The number of aliphatic hydroxyl groups excluding tert-OH is 1. The van der Waals surface area contributed by atoms with Crippen molar-refractivity contribution >= 4 is 17.3 Å². The number of aromatic nitrogens is 1. The number of anilines is 3. The van der Waals surface area contributed by atoms with Gasteiger partial charge in [-0.15, -0.1) is 0 Å². The minimum absolute atomic E-state index is 0.0170. The average molecular weight is 743 g/mol. The van der Waals surface area contributed by atoms with Crippen molar-refractivity contribution in [1.29, 1.82) is 0 Å². The van der Waals surface area contributed by atoms with E-state index in [0.717, 1.165) is 44.5 Å². The van der Waals surface area contributed by atoms with Crippen molar-refractivity contribution in [2.45, 2.75) is 23.4 Å². The van der Waals surface area contributed by atoms with Gasteiger partial charge in [-0.2, -0.15) is 0 Å². The molecule has 0 saturated carbocycles. The Morgan fingerprint density at radius 2 is 0.772 bits per heavy atom. The molecule has 0 amide bonds. The summed E-state index contributed by atoms with van der Waals surface area (Å²) in [7, 11) is 0. The van der Waals surface area contributed by atoms with Gasteiger partial charge in [-0.25, -0.2) is 4.98 Å². The zero-order valence-corrected chi connectivity index (χ0v) is 31.7. The Balaban J connectivity index is 1.42. The van der Waals surface area contributed by atoms with E-state index in [9.17, 15) is 5.11 Å². The molecule has 5 N–H and O–H groups in total. The van der Waals surface area contributed by atoms with Gasteiger partial charge in [-0.1, -0.05) is 212 Å². The van der Waals surface area contributed by atoms with Crippen LogP contribution in [0.2, 0.25) is 0 Å². The summed E-state index contributed by atoms with van der Waals surface area (Å²) in [5.74, 6) is 0.924. The molecular weight excluding hydrogens is 697 g/mol. The summed E-state index contributed by atoms with van der Waals surface area (Å²) in [6, 6.07) is 75.3. The molecule has 0 fully saturated rings. The van der Waals surface area contributed by atoms with Crippen LogP contribution in [0.25, 0.3) is 0 Å². The number of pyridine rings is 1. The fourth-order valence-corrected chi connectivity index (χ4v) is 8.27. The predicted octanol–water partition coefficient (Wildman–Crippen LogP) is 11.0. The second-order valence-electron chi connectivity index (χ2n) is 14.3. The molecule has 8 aromatic rings. The molecule has 0 aliphatic rings. The zero-order chi connectivity index (χ0) is 38.9. The highest BCUT2D eigenvalue weighted by Crippen LogP contribution is 2.45. The summed E-state index contributed by atoms with van der Waals surface area (Å²) in [5.41, 5.74) is 14.4. The summed E-state index contributed by atoms with van der Waals surface area (Å²) >= 11 is 0. The Labute approximate surface area is 335 Å². The monoisotopic (exact) mass is 742 g/mol. The lowest BCUT2D eigenvalue weighted by atomic mass is 9.76. The lowest BCUT2D eigenvalue weighted by Gasteiger charge is -2.39. The molecule has 0 aliphatic heterocycles. The third-order valence-corrected chi connectivity index (χ3v) is 10.9. The van der Waals surface area contributed by atoms with Crippen LogP contribution in [0.5, 0.6) is 0 Å². The molecular formula is C52H46N4O. The lowest BCUT2D eigenvalue weighted by molar-refractivity contribution is 0.281. The van der Waals surface area contributed by atoms with Crippen LogP contribution in [0.15, 0.2) is 218 Å². The first-order chi connectivity index (χ1) is 28.1. The summed E-state index contributed by atoms with van der Waals surface area (Å²) in [6.07, 6.45) is 0.472. The molecule has 0 radical (unpaired) electrons. The normalized spacial score (nSPS) is 12.1. The largest absolute Gasteiger partial charge is 0.396 e. The fraction of sp³-hybridized carbons (Fsp3) is 0.0962. The highest BCUT2D eigenvalue weighted by atomic mass is 16.3. The maximum Gasteiger partial charge on any atom is 0.153 e. The number of benzene rings is 7. The maximum absolute atomic E-state index is 10.6. The van der Waals surface area contributed by atoms with Gasteiger partial charge in [0, 0.05) is 12.5 Å². The Morgan fingerprint density at radius 1 is 0.456 bits per heavy atom. The first-order valence-corrected chi connectivity index (χ1v) is 19.5. The molecule has 5 heteroatoms. The van der Waals surface area contributed by atoms with Gasteiger partial charge in [0.15, 0.2) is 5.82 Å². The first-order valence-electron chi connectivity index (χ1n) is 19.5. The van der Waals surface area contributed by atoms with E-state index in [2.05, 4.69) is 174 Å². The smallest absolute Gasteiger partial charge is 0.153 e. The van der Waals surface area contributed by atoms with E-state index < -0.39 is 11.1 Å². The Morgan fingerprint density at radius 3 is 1.11 bits per heavy atom. The van der Waals surface area contributed by atoms with Crippen LogP contribution >= 0.6 is 0 Å². The SMILES string of the molecule is Nc1c(C(CCO)c2ccccc2)cc(NC(c2ccccc2)(c2ccccc2)c2ccccc2)nc1NC(c1ccccc1)(c1ccccc1)c1ccccc1. The molecule has 0 saturated heterocycles. The molecule has 0 bridgehead atoms. The standard InChI is InChI=1S/C52H46N4O/c53-49-47(46(36-37-57)39-22-8-1-9-23-39)38-48(55-51(40-24-10-2-11-25-40,41-26-12-3-13-27-41)42-28-14-4-15-29-42)54-50(49)56-52(43-30-16-5-17-31-43,44-32-18-6-19-33-44)45-34-20-7-21-35-45/h1-35,38,46,57H,36-37,53H2,(H2,54,55,56). The van der Waals surface area contributed by atoms with E-state index in [0.29, 0.717) is 23.7 Å². The first kappa shape index (κ1) is 37.0. The third-order valence-electron chi connectivity index (χ3n) is 10.9. The summed E-state index contributed by atoms with van der Waals surface area (Å²) < 4.78 is 0. The lowest BCUT2D eigenvalue weighted by Crippen LogP contribution is -2.40. The Hall–Kier alpha value is -6.95. The van der Waals surface area contributed by atoms with Crippen LogP contribution in [-0.4, -0.2) is 16.7 Å². The number of nitrogens with one attached hydrogen (secondary N) is 2. The molecule has 8 rings (SSSR count). The molecule has 5 nitrogen and oxygen atoms in total. The molecule has 1 heterocycles. The van der Waals surface area contributed by atoms with E-state index >= 15 is 0 Å². The summed E-state index contributed by atoms with van der Waals surface area (Å²) in [6.45, 7) is -0.0170. The molecule has 7 aromatic carbocycles. The molecule has 57 heavy (non-hydrogen) atoms. The van der Waals surface area contributed by atoms with Crippen molar-refractivity contribution in [1.82, 2.24) is 4.98 Å². The van der Waals surface area contributed by atoms with Crippen molar-refractivity contribution in [3.05, 3.63) is 263 Å². The van der Waals surface area contributed by atoms with Crippen molar-refractivity contribution in [3.63, 3.8) is 0 Å². The van der Waals surface area contributed by atoms with Crippen LogP contribution in [0, 0.1) is 0 Å². The summed E-state index contributed by atoms with van der Waals surface area (Å²) in [4.78, 5) is 5.48. The van der Waals surface area contributed by atoms with Gasteiger partial charge in [-0.3, -0.25) is 0 Å². The van der Waals surface area contributed by atoms with Crippen molar-refractivity contribution in [2.75, 3.05) is 23.0 Å². The molecule has 280 valence electrons. The number of rotatable bonds is 14. The number of nitrogen functional groups attached to an aromatic ring is 1. The van der Waals surface area contributed by atoms with Gasteiger partial charge >= 0.3 is 0 Å². The molecule has 0 aliphatic carbocycles. The molecule has 1 atom stereocenters. The average Bonchev–Trinajstić information content (AvgIpc) is 3.29. The number of nitrogens with two attached hydrogens (primary N) is 1. The highest BCUT2D eigenvalue weighted by molar-refractivity contribution is 5.75. The minimum Gasteiger partial charge on any atom is -0.396 e. The van der Waals surface area contributed by atoms with Crippen LogP contribution in [0.3, 0.4) is 0 Å². The van der Waals surface area contributed by atoms with E-state index in [-0.39, 0.29) is 12.5 Å². The van der Waals surface area contributed by atoms with Crippen LogP contribution < -0.4 is 16.4 Å². The van der Waals surface area contributed by atoms with Gasteiger partial charge in [0.1, 0.15) is 16.9 Å². The van der Waals surface area contributed by atoms with Gasteiger partial charge < -0.3 is 21.5 Å². The molecule has 1 aromatic heterocycles. The van der Waals surface area contributed by atoms with Gasteiger partial charge in [-0.05, 0) is 57.0 Å². The predicted molar refractivity (Wildman–Crippen MR) is 234 cm³/mol. The number of hydrogen-bond acceptors (Lipinski definition) is 5. The summed E-state index contributed by atoms with van der Waals surface area (Å²) in [5, 5.41) is 18.6. The second-order valence-corrected chi connectivity index (χ2v) is 14.3. The van der Waals surface area contributed by atoms with Crippen LogP contribution in [0.4, 0.5) is 17.3 Å². The fourth-order valence-electron chi connectivity index (χ4n) is 8.27. The van der Waals surface area contributed by atoms with Crippen LogP contribution in [-0.2, 0) is 11.1 Å². The third kappa shape index (κ3) is 7.29. The van der Waals surface area contributed by atoms with E-state index in [4.69, 9.17) is 10.7 Å². The van der Waals surface area contributed by atoms with E-state index in [1.165, 1.54) is 0 Å². The van der Waals surface area contributed by atoms with Gasteiger partial charge in [0.2, 0.25) is 0 Å². The van der Waals surface area contributed by atoms with E-state index in [1.54, 1.807) is 0 Å². The number of nitrogens with zero attached hydrogens (tertiary/aromatic N) is 1. The second kappa shape index (κ2) is 16.8. The molecule has 0 spiro atoms. The minimum atomic E-state index is -0.893. The molecule has 1 unspecified atom stereocenters. The van der Waals surface area contributed by atoms with Gasteiger partial charge in [0.05, 0.1) is 5.69 Å². The maximum atomic E-state index is 10.6. The van der Waals surface area contributed by atoms with Crippen LogP contribution in [0.1, 0.15) is 56.8 Å². The quantitative estimate of drug-likeness (QED) is 0.0834. The number of hydrogen-bond donors (Lipinski definition) is 4. The Kier molecular flexibility index (Phi) is 10.9. The van der Waals surface area contributed by atoms with E-state index in [1.807, 2.05) is 54.6 Å². The van der Waals surface area contributed by atoms with Crippen molar-refractivity contribution < 1.29 is 5.11 Å². The zero-order valence-electron chi connectivity index (χ0n) is 31.7. The van der Waals surface area contributed by atoms with Gasteiger partial charge in [0.25, 0.3) is 0 Å². The van der Waals surface area contributed by atoms with Crippen molar-refractivity contribution in [3.8, 4) is 0 Å². The Bertz CT molecular complexity index is 2270. The number of aliphatic hydroxyl groups is 1. The van der Waals surface area contributed by atoms with Crippen molar-refractivity contribution in [2.24, 2.45) is 0 Å².